The van der Waals surface area contributed by atoms with Gasteiger partial charge in [0.15, 0.2) is 5.78 Å². The van der Waals surface area contributed by atoms with Crippen LogP contribution in [0.2, 0.25) is 0 Å². The monoisotopic (exact) mass is 398 g/mol. The Morgan fingerprint density at radius 3 is 2.50 bits per heavy atom. The number of rotatable bonds is 7. The first kappa shape index (κ1) is 19.9. The van der Waals surface area contributed by atoms with E-state index in [4.69, 9.17) is 13.9 Å². The number of Topliss-reactive ketones (excluding diaryl/α,β-unsaturated/α-hetero) is 1. The number of carbonyl (C=O) groups is 1. The molecule has 0 spiro atoms. The van der Waals surface area contributed by atoms with Crippen LogP contribution in [0.15, 0.2) is 46.0 Å². The summed E-state index contributed by atoms with van der Waals surface area (Å²) < 4.78 is 16.3. The first-order valence-corrected chi connectivity index (χ1v) is 9.65. The molecule has 0 amide bonds. The Bertz CT molecular complexity index is 1000. The van der Waals surface area contributed by atoms with Crippen LogP contribution in [-0.2, 0) is 0 Å². The minimum atomic E-state index is -0.354. The predicted molar refractivity (Wildman–Crippen MR) is 108 cm³/mol. The lowest BCUT2D eigenvalue weighted by Crippen LogP contribution is -2.13. The summed E-state index contributed by atoms with van der Waals surface area (Å²) in [4.78, 5) is 12.7. The third-order valence-corrected chi connectivity index (χ3v) is 5.42. The fourth-order valence-corrected chi connectivity index (χ4v) is 3.44. The molecule has 1 aromatic heterocycles. The maximum absolute atomic E-state index is 12.7. The van der Waals surface area contributed by atoms with Crippen molar-refractivity contribution >= 4 is 17.5 Å². The second-order valence-electron chi connectivity index (χ2n) is 6.36. The summed E-state index contributed by atoms with van der Waals surface area (Å²) in [5.41, 5.74) is 3.59. The third kappa shape index (κ3) is 4.20. The summed E-state index contributed by atoms with van der Waals surface area (Å²) in [7, 11) is 3.15. The Hall–Kier alpha value is -2.80. The lowest BCUT2D eigenvalue weighted by atomic mass is 10.0. The number of methoxy groups -OCH3 is 2. The highest BCUT2D eigenvalue weighted by molar-refractivity contribution is 8.00. The maximum atomic E-state index is 12.7. The molecule has 0 N–H and O–H groups in total. The average Bonchev–Trinajstić information content (AvgIpc) is 3.17. The van der Waals surface area contributed by atoms with Crippen molar-refractivity contribution in [3.63, 3.8) is 0 Å². The first-order valence-electron chi connectivity index (χ1n) is 8.77. The van der Waals surface area contributed by atoms with Crippen molar-refractivity contribution in [1.29, 1.82) is 0 Å². The molecule has 0 radical (unpaired) electrons. The lowest BCUT2D eigenvalue weighted by Gasteiger charge is -2.09. The third-order valence-electron chi connectivity index (χ3n) is 4.48. The molecule has 1 heterocycles. The van der Waals surface area contributed by atoms with Gasteiger partial charge in [-0.25, -0.2) is 0 Å². The summed E-state index contributed by atoms with van der Waals surface area (Å²) in [5.74, 6) is 1.59. The number of hydrogen-bond acceptors (Lipinski definition) is 7. The molecule has 146 valence electrons. The summed E-state index contributed by atoms with van der Waals surface area (Å²) >= 11 is 1.24. The second kappa shape index (κ2) is 8.48. The molecule has 0 fully saturated rings. The van der Waals surface area contributed by atoms with Crippen LogP contribution >= 0.6 is 11.8 Å². The number of hydrogen-bond donors (Lipinski definition) is 0. The summed E-state index contributed by atoms with van der Waals surface area (Å²) in [5, 5.41) is 8.13. The lowest BCUT2D eigenvalue weighted by molar-refractivity contribution is 0.0993. The van der Waals surface area contributed by atoms with Gasteiger partial charge in [0.2, 0.25) is 0 Å². The Labute approximate surface area is 168 Å². The zero-order valence-electron chi connectivity index (χ0n) is 16.5. The van der Waals surface area contributed by atoms with Gasteiger partial charge in [-0.2, -0.15) is 0 Å². The van der Waals surface area contributed by atoms with Crippen LogP contribution in [0.5, 0.6) is 11.5 Å². The quantitative estimate of drug-likeness (QED) is 0.420. The number of aryl methyl sites for hydroxylation is 2. The molecule has 0 aliphatic rings. The molecular formula is C21H22N2O4S. The van der Waals surface area contributed by atoms with Gasteiger partial charge in [0, 0.05) is 11.6 Å². The van der Waals surface area contributed by atoms with Crippen LogP contribution in [0.25, 0.3) is 11.5 Å². The van der Waals surface area contributed by atoms with Crippen molar-refractivity contribution in [2.45, 2.75) is 31.2 Å². The summed E-state index contributed by atoms with van der Waals surface area (Å²) in [6.45, 7) is 5.85. The molecular weight excluding hydrogens is 376 g/mol. The van der Waals surface area contributed by atoms with Gasteiger partial charge in [-0.15, -0.1) is 10.2 Å². The van der Waals surface area contributed by atoms with Crippen molar-refractivity contribution in [3.05, 3.63) is 53.1 Å². The number of nitrogens with zero attached hydrogens (tertiary/aromatic N) is 2. The van der Waals surface area contributed by atoms with Crippen LogP contribution < -0.4 is 9.47 Å². The number of benzene rings is 2. The van der Waals surface area contributed by atoms with E-state index < -0.39 is 0 Å². The fourth-order valence-electron chi connectivity index (χ4n) is 2.68. The second-order valence-corrected chi connectivity index (χ2v) is 7.65. The zero-order chi connectivity index (χ0) is 20.3. The molecule has 2 aromatic carbocycles. The average molecular weight is 398 g/mol. The van der Waals surface area contributed by atoms with E-state index in [1.807, 2.05) is 39.0 Å². The predicted octanol–water partition coefficient (Wildman–Crippen LogP) is 4.73. The number of aromatic nitrogens is 2. The molecule has 0 aliphatic heterocycles. The van der Waals surface area contributed by atoms with Gasteiger partial charge in [0.1, 0.15) is 11.5 Å². The van der Waals surface area contributed by atoms with E-state index in [0.29, 0.717) is 33.7 Å². The van der Waals surface area contributed by atoms with Crippen molar-refractivity contribution in [1.82, 2.24) is 10.2 Å². The minimum absolute atomic E-state index is 0.0230. The molecule has 3 rings (SSSR count). The first-order chi connectivity index (χ1) is 13.4. The van der Waals surface area contributed by atoms with E-state index >= 15 is 0 Å². The number of thioether (sulfide) groups is 1. The molecule has 1 atom stereocenters. The van der Waals surface area contributed by atoms with Crippen LogP contribution in [0, 0.1) is 13.8 Å². The molecule has 3 aromatic rings. The smallest absolute Gasteiger partial charge is 0.277 e. The van der Waals surface area contributed by atoms with Crippen LogP contribution in [0.3, 0.4) is 0 Å². The normalized spacial score (nSPS) is 11.9. The summed E-state index contributed by atoms with van der Waals surface area (Å²) in [6, 6.07) is 11.1. The number of ether oxygens (including phenoxy) is 2. The Morgan fingerprint density at radius 2 is 1.82 bits per heavy atom. The van der Waals surface area contributed by atoms with Crippen LogP contribution in [0.4, 0.5) is 0 Å². The van der Waals surface area contributed by atoms with Crippen molar-refractivity contribution in [2.24, 2.45) is 0 Å². The molecule has 0 bridgehead atoms. The van der Waals surface area contributed by atoms with Crippen LogP contribution in [-0.4, -0.2) is 35.5 Å². The van der Waals surface area contributed by atoms with Gasteiger partial charge >= 0.3 is 0 Å². The van der Waals surface area contributed by atoms with Crippen molar-refractivity contribution < 1.29 is 18.7 Å². The highest BCUT2D eigenvalue weighted by Crippen LogP contribution is 2.34. The highest BCUT2D eigenvalue weighted by atomic mass is 32.2. The van der Waals surface area contributed by atoms with Crippen molar-refractivity contribution in [2.75, 3.05) is 14.2 Å². The number of carbonyl (C=O) groups excluding carboxylic acids is 1. The molecule has 0 aliphatic carbocycles. The van der Waals surface area contributed by atoms with E-state index in [-0.39, 0.29) is 11.0 Å². The van der Waals surface area contributed by atoms with Gasteiger partial charge in [0.05, 0.1) is 25.0 Å². The van der Waals surface area contributed by atoms with E-state index in [1.165, 1.54) is 11.8 Å². The standard InChI is InChI=1S/C21H22N2O4S/c1-12-6-7-15(10-13(12)2)19(24)14(3)28-21-23-22-20(27-21)17-9-8-16(25-4)11-18(17)26-5/h6-11,14H,1-5H3/t14-/m0/s1. The summed E-state index contributed by atoms with van der Waals surface area (Å²) in [6.07, 6.45) is 0. The Morgan fingerprint density at radius 1 is 1.04 bits per heavy atom. The van der Waals surface area contributed by atoms with Crippen LogP contribution in [0.1, 0.15) is 28.4 Å². The minimum Gasteiger partial charge on any atom is -0.497 e. The van der Waals surface area contributed by atoms with E-state index in [9.17, 15) is 4.79 Å². The fraction of sp³-hybridized carbons (Fsp3) is 0.286. The molecule has 0 unspecified atom stereocenters. The van der Waals surface area contributed by atoms with Gasteiger partial charge in [0.25, 0.3) is 11.1 Å². The molecule has 6 nitrogen and oxygen atoms in total. The van der Waals surface area contributed by atoms with Gasteiger partial charge < -0.3 is 13.9 Å². The van der Waals surface area contributed by atoms with Gasteiger partial charge in [-0.05, 0) is 50.1 Å². The van der Waals surface area contributed by atoms with Crippen molar-refractivity contribution in [3.8, 4) is 23.0 Å². The zero-order valence-corrected chi connectivity index (χ0v) is 17.3. The molecule has 28 heavy (non-hydrogen) atoms. The number of ketones is 1. The van der Waals surface area contributed by atoms with E-state index in [0.717, 1.165) is 11.1 Å². The Kier molecular flexibility index (Phi) is 6.04. The topological polar surface area (TPSA) is 74.5 Å². The SMILES string of the molecule is COc1ccc(-c2nnc(S[C@@H](C)C(=O)c3ccc(C)c(C)c3)o2)c(OC)c1. The van der Waals surface area contributed by atoms with E-state index in [2.05, 4.69) is 10.2 Å². The van der Waals surface area contributed by atoms with E-state index in [1.54, 1.807) is 32.4 Å². The largest absolute Gasteiger partial charge is 0.497 e. The van der Waals surface area contributed by atoms with Gasteiger partial charge in [-0.3, -0.25) is 4.79 Å². The molecule has 7 heteroatoms. The van der Waals surface area contributed by atoms with Gasteiger partial charge in [-0.1, -0.05) is 23.9 Å². The maximum Gasteiger partial charge on any atom is 0.277 e. The highest BCUT2D eigenvalue weighted by Gasteiger charge is 2.21. The molecule has 0 saturated heterocycles. The molecule has 0 saturated carbocycles. The Balaban J connectivity index is 1.77.